The van der Waals surface area contributed by atoms with E-state index in [2.05, 4.69) is 15.3 Å². The molecular weight excluding hydrogens is 316 g/mol. The number of carbonyl (C=O) groups excluding carboxylic acids is 1. The van der Waals surface area contributed by atoms with Crippen molar-refractivity contribution in [2.24, 2.45) is 0 Å². The van der Waals surface area contributed by atoms with Crippen molar-refractivity contribution in [3.05, 3.63) is 53.3 Å². The molecule has 3 rings (SSSR count). The van der Waals surface area contributed by atoms with Crippen molar-refractivity contribution in [2.45, 2.75) is 39.3 Å². The van der Waals surface area contributed by atoms with Gasteiger partial charge in [0.05, 0.1) is 6.04 Å². The van der Waals surface area contributed by atoms with Crippen LogP contribution >= 0.6 is 0 Å². The van der Waals surface area contributed by atoms with Crippen LogP contribution in [0.5, 0.6) is 0 Å². The van der Waals surface area contributed by atoms with Gasteiger partial charge >= 0.3 is 6.09 Å². The number of aromatic nitrogens is 2. The minimum Gasteiger partial charge on any atom is -0.445 e. The van der Waals surface area contributed by atoms with Gasteiger partial charge in [0.25, 0.3) is 0 Å². The first kappa shape index (κ1) is 17.2. The Labute approximate surface area is 148 Å². The molecule has 0 bridgehead atoms. The van der Waals surface area contributed by atoms with E-state index in [0.717, 1.165) is 36.3 Å². The normalized spacial score (nSPS) is 16.7. The Hall–Kier alpha value is -2.63. The number of aryl methyl sites for hydroxylation is 2. The second kappa shape index (κ2) is 7.96. The van der Waals surface area contributed by atoms with Crippen LogP contribution in [0.25, 0.3) is 0 Å². The average molecular weight is 340 g/mol. The van der Waals surface area contributed by atoms with Gasteiger partial charge in [0.15, 0.2) is 0 Å². The van der Waals surface area contributed by atoms with E-state index < -0.39 is 0 Å². The molecule has 2 heterocycles. The van der Waals surface area contributed by atoms with E-state index >= 15 is 0 Å². The van der Waals surface area contributed by atoms with E-state index in [1.807, 2.05) is 50.2 Å². The van der Waals surface area contributed by atoms with Gasteiger partial charge in [-0.2, -0.15) is 0 Å². The minimum atomic E-state index is -0.255. The Balaban J connectivity index is 1.53. The summed E-state index contributed by atoms with van der Waals surface area (Å²) in [6.07, 6.45) is 1.69. The fraction of sp³-hybridized carbons (Fsp3) is 0.421. The van der Waals surface area contributed by atoms with Gasteiger partial charge in [0.2, 0.25) is 5.95 Å². The molecule has 6 nitrogen and oxygen atoms in total. The number of ether oxygens (including phenoxy) is 1. The molecule has 1 aromatic carbocycles. The molecular formula is C19H24N4O2. The third-order valence-corrected chi connectivity index (χ3v) is 4.29. The predicted molar refractivity (Wildman–Crippen MR) is 96.4 cm³/mol. The molecule has 1 unspecified atom stereocenters. The molecule has 1 N–H and O–H groups in total. The first-order chi connectivity index (χ1) is 12.1. The van der Waals surface area contributed by atoms with Crippen LogP contribution in [0.15, 0.2) is 36.4 Å². The van der Waals surface area contributed by atoms with E-state index in [0.29, 0.717) is 19.1 Å². The third-order valence-electron chi connectivity index (χ3n) is 4.29. The zero-order chi connectivity index (χ0) is 17.6. The molecule has 0 spiro atoms. The molecule has 1 amide bonds. The molecule has 0 saturated carbocycles. The van der Waals surface area contributed by atoms with Gasteiger partial charge in [-0.25, -0.2) is 14.8 Å². The van der Waals surface area contributed by atoms with Crippen molar-refractivity contribution in [3.63, 3.8) is 0 Å². The van der Waals surface area contributed by atoms with Gasteiger partial charge in [-0.1, -0.05) is 30.3 Å². The maximum Gasteiger partial charge on any atom is 0.410 e. The lowest BCUT2D eigenvalue weighted by Gasteiger charge is -2.24. The highest BCUT2D eigenvalue weighted by molar-refractivity contribution is 5.68. The van der Waals surface area contributed by atoms with Crippen molar-refractivity contribution < 1.29 is 9.53 Å². The van der Waals surface area contributed by atoms with Crippen LogP contribution in [0.4, 0.5) is 10.7 Å². The number of likely N-dealkylation sites (tertiary alicyclic amines) is 1. The Morgan fingerprint density at radius 2 is 1.96 bits per heavy atom. The van der Waals surface area contributed by atoms with Gasteiger partial charge in [-0.15, -0.1) is 0 Å². The SMILES string of the molecule is Cc1cc(C)nc(NCC2CCCN2C(=O)OCc2ccccc2)n1. The van der Waals surface area contributed by atoms with Crippen molar-refractivity contribution in [2.75, 3.05) is 18.4 Å². The highest BCUT2D eigenvalue weighted by Gasteiger charge is 2.29. The molecule has 1 saturated heterocycles. The Bertz CT molecular complexity index is 700. The van der Waals surface area contributed by atoms with Gasteiger partial charge in [-0.05, 0) is 38.3 Å². The molecule has 6 heteroatoms. The van der Waals surface area contributed by atoms with Crippen LogP contribution in [0.3, 0.4) is 0 Å². The average Bonchev–Trinajstić information content (AvgIpc) is 3.07. The molecule has 132 valence electrons. The topological polar surface area (TPSA) is 67.4 Å². The highest BCUT2D eigenvalue weighted by atomic mass is 16.6. The number of rotatable bonds is 5. The summed E-state index contributed by atoms with van der Waals surface area (Å²) >= 11 is 0. The van der Waals surface area contributed by atoms with Crippen LogP contribution in [-0.2, 0) is 11.3 Å². The zero-order valence-electron chi connectivity index (χ0n) is 14.7. The molecule has 1 aliphatic rings. The molecule has 2 aromatic rings. The molecule has 1 aliphatic heterocycles. The minimum absolute atomic E-state index is 0.104. The molecule has 25 heavy (non-hydrogen) atoms. The third kappa shape index (κ3) is 4.68. The molecule has 1 atom stereocenters. The molecule has 1 fully saturated rings. The first-order valence-corrected chi connectivity index (χ1v) is 8.65. The Kier molecular flexibility index (Phi) is 5.48. The lowest BCUT2D eigenvalue weighted by atomic mass is 10.2. The van der Waals surface area contributed by atoms with E-state index in [1.165, 1.54) is 0 Å². The summed E-state index contributed by atoms with van der Waals surface area (Å²) in [6.45, 7) is 5.55. The van der Waals surface area contributed by atoms with Crippen molar-refractivity contribution in [1.82, 2.24) is 14.9 Å². The van der Waals surface area contributed by atoms with Crippen LogP contribution < -0.4 is 5.32 Å². The number of hydrogen-bond donors (Lipinski definition) is 1. The van der Waals surface area contributed by atoms with Crippen LogP contribution in [0.1, 0.15) is 29.8 Å². The fourth-order valence-corrected chi connectivity index (χ4v) is 3.10. The highest BCUT2D eigenvalue weighted by Crippen LogP contribution is 2.19. The van der Waals surface area contributed by atoms with Crippen molar-refractivity contribution in [1.29, 1.82) is 0 Å². The van der Waals surface area contributed by atoms with E-state index in [1.54, 1.807) is 4.90 Å². The number of amides is 1. The van der Waals surface area contributed by atoms with Gasteiger partial charge in [0.1, 0.15) is 6.61 Å². The predicted octanol–water partition coefficient (Wildman–Crippen LogP) is 3.31. The zero-order valence-corrected chi connectivity index (χ0v) is 14.7. The fourth-order valence-electron chi connectivity index (χ4n) is 3.10. The number of nitrogens with one attached hydrogen (secondary N) is 1. The van der Waals surface area contributed by atoms with E-state index in [-0.39, 0.29) is 12.1 Å². The maximum absolute atomic E-state index is 12.4. The Morgan fingerprint density at radius 1 is 1.24 bits per heavy atom. The Morgan fingerprint density at radius 3 is 2.68 bits per heavy atom. The summed E-state index contributed by atoms with van der Waals surface area (Å²) in [7, 11) is 0. The number of carbonyl (C=O) groups is 1. The van der Waals surface area contributed by atoms with Crippen LogP contribution in [0.2, 0.25) is 0 Å². The molecule has 0 aliphatic carbocycles. The second-order valence-corrected chi connectivity index (χ2v) is 6.38. The van der Waals surface area contributed by atoms with Crippen LogP contribution in [0, 0.1) is 13.8 Å². The summed E-state index contributed by atoms with van der Waals surface area (Å²) in [4.78, 5) is 23.0. The number of nitrogens with zero attached hydrogens (tertiary/aromatic N) is 3. The molecule has 1 aromatic heterocycles. The second-order valence-electron chi connectivity index (χ2n) is 6.38. The van der Waals surface area contributed by atoms with Crippen molar-refractivity contribution >= 4 is 12.0 Å². The summed E-state index contributed by atoms with van der Waals surface area (Å²) in [6, 6.07) is 11.8. The largest absolute Gasteiger partial charge is 0.445 e. The van der Waals surface area contributed by atoms with Gasteiger partial charge in [-0.3, -0.25) is 0 Å². The number of hydrogen-bond acceptors (Lipinski definition) is 5. The maximum atomic E-state index is 12.4. The standard InChI is InChI=1S/C19H24N4O2/c1-14-11-15(2)22-18(21-14)20-12-17-9-6-10-23(17)19(24)25-13-16-7-4-3-5-8-16/h3-5,7-8,11,17H,6,9-10,12-13H2,1-2H3,(H,20,21,22). The summed E-state index contributed by atoms with van der Waals surface area (Å²) in [5.41, 5.74) is 2.86. The van der Waals surface area contributed by atoms with Gasteiger partial charge in [0, 0.05) is 24.5 Å². The van der Waals surface area contributed by atoms with Crippen LogP contribution in [-0.4, -0.2) is 40.1 Å². The lowest BCUT2D eigenvalue weighted by Crippen LogP contribution is -2.40. The van der Waals surface area contributed by atoms with E-state index in [4.69, 9.17) is 4.74 Å². The monoisotopic (exact) mass is 340 g/mol. The number of benzene rings is 1. The first-order valence-electron chi connectivity index (χ1n) is 8.65. The summed E-state index contributed by atoms with van der Waals surface area (Å²) < 4.78 is 5.46. The summed E-state index contributed by atoms with van der Waals surface area (Å²) in [5, 5.41) is 3.26. The molecule has 0 radical (unpaired) electrons. The van der Waals surface area contributed by atoms with Gasteiger partial charge < -0.3 is 15.0 Å². The quantitative estimate of drug-likeness (QED) is 0.904. The van der Waals surface area contributed by atoms with E-state index in [9.17, 15) is 4.79 Å². The summed E-state index contributed by atoms with van der Waals surface area (Å²) in [5.74, 6) is 0.613. The lowest BCUT2D eigenvalue weighted by molar-refractivity contribution is 0.0936. The smallest absolute Gasteiger partial charge is 0.410 e. The van der Waals surface area contributed by atoms with Crippen molar-refractivity contribution in [3.8, 4) is 0 Å². The number of anilines is 1.